The number of ether oxygens (including phenoxy) is 1. The minimum absolute atomic E-state index is 0.119. The molecule has 1 saturated carbocycles. The Kier molecular flexibility index (Phi) is 1.72. The molecular weight excluding hydrogens is 172 g/mol. The van der Waals surface area contributed by atoms with Gasteiger partial charge < -0.3 is 4.74 Å². The van der Waals surface area contributed by atoms with Crippen molar-refractivity contribution in [1.29, 1.82) is 0 Å². The van der Waals surface area contributed by atoms with Crippen molar-refractivity contribution >= 4 is 0 Å². The zero-order valence-electron chi connectivity index (χ0n) is 8.57. The molecule has 74 valence electrons. The van der Waals surface area contributed by atoms with Gasteiger partial charge in [-0.15, -0.1) is 0 Å². The molecule has 0 N–H and O–H groups in total. The quantitative estimate of drug-likeness (QED) is 0.617. The molecule has 3 atom stereocenters. The van der Waals surface area contributed by atoms with Crippen LogP contribution in [0.25, 0.3) is 0 Å². The number of hydrogen-bond donors (Lipinski definition) is 0. The highest BCUT2D eigenvalue weighted by molar-refractivity contribution is 5.30. The van der Waals surface area contributed by atoms with Crippen molar-refractivity contribution in [2.24, 2.45) is 5.92 Å². The summed E-state index contributed by atoms with van der Waals surface area (Å²) in [5.74, 6) is 0.847. The van der Waals surface area contributed by atoms with E-state index in [9.17, 15) is 0 Å². The van der Waals surface area contributed by atoms with Crippen LogP contribution in [-0.4, -0.2) is 6.10 Å². The third-order valence-electron chi connectivity index (χ3n) is 3.70. The zero-order valence-corrected chi connectivity index (χ0v) is 8.57. The van der Waals surface area contributed by atoms with Gasteiger partial charge in [-0.1, -0.05) is 37.3 Å². The molecule has 1 heteroatoms. The predicted molar refractivity (Wildman–Crippen MR) is 56.0 cm³/mol. The van der Waals surface area contributed by atoms with Gasteiger partial charge >= 0.3 is 0 Å². The molecule has 3 rings (SSSR count). The van der Waals surface area contributed by atoms with Crippen molar-refractivity contribution in [2.75, 3.05) is 0 Å². The molecule has 1 aromatic carbocycles. The van der Waals surface area contributed by atoms with Crippen LogP contribution in [0.15, 0.2) is 30.3 Å². The highest BCUT2D eigenvalue weighted by Crippen LogP contribution is 2.56. The smallest absolute Gasteiger partial charge is 0.120 e. The zero-order chi connectivity index (χ0) is 9.60. The highest BCUT2D eigenvalue weighted by Gasteiger charge is 2.59. The Bertz CT molecular complexity index is 332. The van der Waals surface area contributed by atoms with Gasteiger partial charge in [-0.05, 0) is 30.7 Å². The first-order valence-corrected chi connectivity index (χ1v) is 5.54. The van der Waals surface area contributed by atoms with Crippen LogP contribution >= 0.6 is 0 Å². The third kappa shape index (κ3) is 1.12. The summed E-state index contributed by atoms with van der Waals surface area (Å²) in [6.07, 6.45) is 4.28. The second kappa shape index (κ2) is 2.83. The highest BCUT2D eigenvalue weighted by atomic mass is 16.6. The molecule has 1 nitrogen and oxygen atoms in total. The van der Waals surface area contributed by atoms with Gasteiger partial charge in [0.15, 0.2) is 0 Å². The molecule has 2 aliphatic rings. The van der Waals surface area contributed by atoms with Crippen molar-refractivity contribution in [3.63, 3.8) is 0 Å². The van der Waals surface area contributed by atoms with Crippen LogP contribution in [0.3, 0.4) is 0 Å². The topological polar surface area (TPSA) is 12.5 Å². The van der Waals surface area contributed by atoms with Crippen molar-refractivity contribution in [3.8, 4) is 0 Å². The number of epoxide rings is 1. The normalized spacial score (nSPS) is 40.4. The lowest BCUT2D eigenvalue weighted by molar-refractivity contribution is 0.286. The van der Waals surface area contributed by atoms with E-state index >= 15 is 0 Å². The van der Waals surface area contributed by atoms with E-state index in [4.69, 9.17) is 4.74 Å². The molecule has 1 aliphatic carbocycles. The second-order valence-corrected chi connectivity index (χ2v) is 4.74. The fourth-order valence-electron chi connectivity index (χ4n) is 2.74. The molecule has 1 aliphatic heterocycles. The maximum absolute atomic E-state index is 5.92. The maximum atomic E-state index is 5.92. The Morgan fingerprint density at radius 1 is 1.29 bits per heavy atom. The van der Waals surface area contributed by atoms with Gasteiger partial charge in [-0.25, -0.2) is 0 Å². The molecule has 0 bridgehead atoms. The van der Waals surface area contributed by atoms with Crippen molar-refractivity contribution in [3.05, 3.63) is 35.9 Å². The van der Waals surface area contributed by atoms with E-state index in [2.05, 4.69) is 37.3 Å². The summed E-state index contributed by atoms with van der Waals surface area (Å²) in [5, 5.41) is 0. The molecule has 14 heavy (non-hydrogen) atoms. The standard InChI is InChI=1S/C13H16O/c1-10-7-8-13(12(9-10)14-13)11-5-3-2-4-6-11/h2-6,10,12H,7-9H2,1H3/t10-,12+,13-/m1/s1. The van der Waals surface area contributed by atoms with E-state index in [1.165, 1.54) is 24.8 Å². The Hall–Kier alpha value is -0.820. The maximum Gasteiger partial charge on any atom is 0.120 e. The lowest BCUT2D eigenvalue weighted by Gasteiger charge is -2.21. The average molecular weight is 188 g/mol. The predicted octanol–water partition coefficient (Wildman–Crippen LogP) is 3.10. The van der Waals surface area contributed by atoms with Crippen LogP contribution in [0, 0.1) is 5.92 Å². The molecular formula is C13H16O. The first-order chi connectivity index (χ1) is 6.81. The van der Waals surface area contributed by atoms with Gasteiger partial charge in [0.25, 0.3) is 0 Å². The van der Waals surface area contributed by atoms with E-state index in [-0.39, 0.29) is 5.60 Å². The van der Waals surface area contributed by atoms with E-state index in [1.54, 1.807) is 0 Å². The Morgan fingerprint density at radius 2 is 2.07 bits per heavy atom. The van der Waals surface area contributed by atoms with E-state index in [0.29, 0.717) is 6.10 Å². The number of fused-ring (bicyclic) bond motifs is 1. The van der Waals surface area contributed by atoms with Gasteiger partial charge in [0, 0.05) is 0 Å². The largest absolute Gasteiger partial charge is 0.361 e. The monoisotopic (exact) mass is 188 g/mol. The van der Waals surface area contributed by atoms with Gasteiger partial charge in [0.1, 0.15) is 5.60 Å². The fourth-order valence-corrected chi connectivity index (χ4v) is 2.74. The lowest BCUT2D eigenvalue weighted by atomic mass is 9.79. The molecule has 1 aromatic rings. The van der Waals surface area contributed by atoms with Crippen LogP contribution in [0.5, 0.6) is 0 Å². The van der Waals surface area contributed by atoms with E-state index in [0.717, 1.165) is 5.92 Å². The number of benzene rings is 1. The average Bonchev–Trinajstić information content (AvgIpc) is 2.94. The van der Waals surface area contributed by atoms with Crippen LogP contribution in [0.2, 0.25) is 0 Å². The van der Waals surface area contributed by atoms with Crippen LogP contribution in [0.4, 0.5) is 0 Å². The Morgan fingerprint density at radius 3 is 2.79 bits per heavy atom. The molecule has 0 amide bonds. The minimum Gasteiger partial charge on any atom is -0.361 e. The first-order valence-electron chi connectivity index (χ1n) is 5.54. The van der Waals surface area contributed by atoms with Gasteiger partial charge in [-0.2, -0.15) is 0 Å². The van der Waals surface area contributed by atoms with E-state index in [1.807, 2.05) is 0 Å². The fraction of sp³-hybridized carbons (Fsp3) is 0.538. The van der Waals surface area contributed by atoms with Crippen molar-refractivity contribution in [2.45, 2.75) is 37.9 Å². The van der Waals surface area contributed by atoms with Crippen LogP contribution < -0.4 is 0 Å². The van der Waals surface area contributed by atoms with Gasteiger partial charge in [0.2, 0.25) is 0 Å². The van der Waals surface area contributed by atoms with Crippen LogP contribution in [0.1, 0.15) is 31.7 Å². The summed E-state index contributed by atoms with van der Waals surface area (Å²) < 4.78 is 5.92. The molecule has 0 spiro atoms. The Labute approximate surface area is 85.1 Å². The van der Waals surface area contributed by atoms with Gasteiger partial charge in [-0.3, -0.25) is 0 Å². The first kappa shape index (κ1) is 8.49. The molecule has 0 radical (unpaired) electrons. The van der Waals surface area contributed by atoms with E-state index < -0.39 is 0 Å². The lowest BCUT2D eigenvalue weighted by Crippen LogP contribution is -2.21. The molecule has 1 heterocycles. The summed E-state index contributed by atoms with van der Waals surface area (Å²) in [6, 6.07) is 10.7. The van der Waals surface area contributed by atoms with Crippen molar-refractivity contribution in [1.82, 2.24) is 0 Å². The number of rotatable bonds is 1. The van der Waals surface area contributed by atoms with Crippen LogP contribution in [-0.2, 0) is 10.3 Å². The summed E-state index contributed by atoms with van der Waals surface area (Å²) in [6.45, 7) is 2.33. The summed E-state index contributed by atoms with van der Waals surface area (Å²) >= 11 is 0. The molecule has 2 fully saturated rings. The van der Waals surface area contributed by atoms with Gasteiger partial charge in [0.05, 0.1) is 6.10 Å². The molecule has 0 aromatic heterocycles. The third-order valence-corrected chi connectivity index (χ3v) is 3.70. The Balaban J connectivity index is 1.88. The summed E-state index contributed by atoms with van der Waals surface area (Å²) in [4.78, 5) is 0. The number of hydrogen-bond acceptors (Lipinski definition) is 1. The SMILES string of the molecule is C[C@@H]1CC[C@]2(c3ccccc3)O[C@H]2C1. The molecule has 0 unspecified atom stereocenters. The minimum atomic E-state index is 0.119. The summed E-state index contributed by atoms with van der Waals surface area (Å²) in [7, 11) is 0. The summed E-state index contributed by atoms with van der Waals surface area (Å²) in [5.41, 5.74) is 1.50. The molecule has 1 saturated heterocycles. The second-order valence-electron chi connectivity index (χ2n) is 4.74. The van der Waals surface area contributed by atoms with Crippen molar-refractivity contribution < 1.29 is 4.74 Å².